The van der Waals surface area contributed by atoms with Gasteiger partial charge in [0.25, 0.3) is 0 Å². The van der Waals surface area contributed by atoms with Crippen LogP contribution in [-0.4, -0.2) is 29.0 Å². The lowest BCUT2D eigenvalue weighted by atomic mass is 9.99. The number of aryl methyl sites for hydroxylation is 1. The van der Waals surface area contributed by atoms with Gasteiger partial charge in [-0.2, -0.15) is 11.8 Å². The second-order valence-electron chi connectivity index (χ2n) is 5.97. The molecule has 2 atom stereocenters. The van der Waals surface area contributed by atoms with E-state index in [1.165, 1.54) is 17.5 Å². The van der Waals surface area contributed by atoms with Gasteiger partial charge in [0, 0.05) is 16.5 Å². The van der Waals surface area contributed by atoms with Gasteiger partial charge in [-0.25, -0.2) is 0 Å². The van der Waals surface area contributed by atoms with Gasteiger partial charge in [-0.05, 0) is 50.3 Å². The highest BCUT2D eigenvalue weighted by atomic mass is 32.2. The lowest BCUT2D eigenvalue weighted by Gasteiger charge is -2.28. The fourth-order valence-corrected chi connectivity index (χ4v) is 4.41. The van der Waals surface area contributed by atoms with Crippen LogP contribution in [0.25, 0.3) is 0 Å². The fraction of sp³-hybridized carbons (Fsp3) is 0.647. The Bertz CT molecular complexity index is 423. The number of hydrogen-bond acceptors (Lipinski definition) is 3. The van der Waals surface area contributed by atoms with Gasteiger partial charge in [-0.1, -0.05) is 31.2 Å². The highest BCUT2D eigenvalue weighted by Crippen LogP contribution is 2.38. The summed E-state index contributed by atoms with van der Waals surface area (Å²) in [6.45, 7) is 5.65. The van der Waals surface area contributed by atoms with Crippen molar-refractivity contribution < 1.29 is 5.11 Å². The van der Waals surface area contributed by atoms with Crippen LogP contribution in [0.3, 0.4) is 0 Å². The second-order valence-corrected chi connectivity index (χ2v) is 7.26. The summed E-state index contributed by atoms with van der Waals surface area (Å²) in [4.78, 5) is 0. The van der Waals surface area contributed by atoms with E-state index in [1.54, 1.807) is 0 Å². The van der Waals surface area contributed by atoms with Crippen LogP contribution in [0.5, 0.6) is 0 Å². The van der Waals surface area contributed by atoms with Gasteiger partial charge in [0.05, 0.1) is 6.61 Å². The topological polar surface area (TPSA) is 32.3 Å². The van der Waals surface area contributed by atoms with Crippen molar-refractivity contribution in [2.45, 2.75) is 56.1 Å². The summed E-state index contributed by atoms with van der Waals surface area (Å²) < 4.78 is 0. The number of rotatable bonds is 7. The van der Waals surface area contributed by atoms with Gasteiger partial charge in [0.2, 0.25) is 0 Å². The van der Waals surface area contributed by atoms with Crippen molar-refractivity contribution in [1.82, 2.24) is 5.32 Å². The zero-order valence-electron chi connectivity index (χ0n) is 12.7. The lowest BCUT2D eigenvalue weighted by Crippen LogP contribution is -2.46. The van der Waals surface area contributed by atoms with Crippen molar-refractivity contribution in [1.29, 1.82) is 0 Å². The SMILES string of the molecule is CCCNC1(CO)CCC(SCc2ccccc2C)C1. The second kappa shape index (κ2) is 7.48. The smallest absolute Gasteiger partial charge is 0.0613 e. The molecule has 1 fully saturated rings. The Morgan fingerprint density at radius 3 is 2.90 bits per heavy atom. The van der Waals surface area contributed by atoms with Crippen LogP contribution in [0.1, 0.15) is 43.7 Å². The van der Waals surface area contributed by atoms with Crippen LogP contribution in [0.15, 0.2) is 24.3 Å². The fourth-order valence-electron chi connectivity index (χ4n) is 2.95. The molecule has 2 N–H and O–H groups in total. The van der Waals surface area contributed by atoms with E-state index in [-0.39, 0.29) is 12.1 Å². The van der Waals surface area contributed by atoms with Crippen molar-refractivity contribution >= 4 is 11.8 Å². The minimum atomic E-state index is -0.0145. The van der Waals surface area contributed by atoms with Crippen LogP contribution in [0.4, 0.5) is 0 Å². The van der Waals surface area contributed by atoms with Crippen LogP contribution in [0.2, 0.25) is 0 Å². The molecule has 1 aromatic rings. The molecule has 0 bridgehead atoms. The zero-order chi connectivity index (χ0) is 14.4. The van der Waals surface area contributed by atoms with E-state index in [0.717, 1.165) is 31.6 Å². The number of thioether (sulfide) groups is 1. The molecule has 2 nitrogen and oxygen atoms in total. The normalized spacial score (nSPS) is 26.1. The first-order chi connectivity index (χ1) is 9.69. The third kappa shape index (κ3) is 4.00. The molecule has 2 unspecified atom stereocenters. The number of aliphatic hydroxyl groups is 1. The molecular weight excluding hydrogens is 266 g/mol. The first kappa shape index (κ1) is 15.9. The lowest BCUT2D eigenvalue weighted by molar-refractivity contribution is 0.165. The first-order valence-electron chi connectivity index (χ1n) is 7.71. The molecule has 0 spiro atoms. The summed E-state index contributed by atoms with van der Waals surface area (Å²) in [6.07, 6.45) is 4.55. The predicted molar refractivity (Wildman–Crippen MR) is 88.2 cm³/mol. The van der Waals surface area contributed by atoms with Crippen LogP contribution in [0, 0.1) is 6.92 Å². The Morgan fingerprint density at radius 1 is 1.40 bits per heavy atom. The quantitative estimate of drug-likeness (QED) is 0.807. The Balaban J connectivity index is 1.85. The molecule has 0 radical (unpaired) electrons. The van der Waals surface area contributed by atoms with E-state index in [4.69, 9.17) is 0 Å². The van der Waals surface area contributed by atoms with E-state index in [1.807, 2.05) is 0 Å². The maximum Gasteiger partial charge on any atom is 0.0613 e. The summed E-state index contributed by atoms with van der Waals surface area (Å²) in [5.41, 5.74) is 2.82. The van der Waals surface area contributed by atoms with E-state index in [9.17, 15) is 5.11 Å². The maximum atomic E-state index is 9.72. The highest BCUT2D eigenvalue weighted by molar-refractivity contribution is 7.99. The maximum absolute atomic E-state index is 9.72. The van der Waals surface area contributed by atoms with Gasteiger partial charge in [-0.15, -0.1) is 0 Å². The molecule has 3 heteroatoms. The Kier molecular flexibility index (Phi) is 5.94. The van der Waals surface area contributed by atoms with Crippen LogP contribution >= 0.6 is 11.8 Å². The van der Waals surface area contributed by atoms with Gasteiger partial charge >= 0.3 is 0 Å². The molecule has 0 saturated heterocycles. The molecular formula is C17H27NOS. The molecule has 1 aliphatic carbocycles. The molecule has 1 aliphatic rings. The van der Waals surface area contributed by atoms with Gasteiger partial charge in [0.15, 0.2) is 0 Å². The molecule has 1 saturated carbocycles. The Morgan fingerprint density at radius 2 is 2.20 bits per heavy atom. The third-order valence-corrected chi connectivity index (χ3v) is 5.70. The minimum Gasteiger partial charge on any atom is -0.394 e. The van der Waals surface area contributed by atoms with Crippen molar-refractivity contribution in [3.8, 4) is 0 Å². The molecule has 0 aromatic heterocycles. The van der Waals surface area contributed by atoms with E-state index >= 15 is 0 Å². The van der Waals surface area contributed by atoms with Crippen LogP contribution in [-0.2, 0) is 5.75 Å². The number of nitrogens with one attached hydrogen (secondary N) is 1. The molecule has 2 rings (SSSR count). The molecule has 112 valence electrons. The third-order valence-electron chi connectivity index (χ3n) is 4.35. The van der Waals surface area contributed by atoms with Crippen molar-refractivity contribution in [3.63, 3.8) is 0 Å². The number of hydrogen-bond donors (Lipinski definition) is 2. The van der Waals surface area contributed by atoms with Gasteiger partial charge in [-0.3, -0.25) is 0 Å². The average Bonchev–Trinajstić information content (AvgIpc) is 2.89. The summed E-state index contributed by atoms with van der Waals surface area (Å²) in [5, 5.41) is 14.0. The Labute approximate surface area is 127 Å². The summed E-state index contributed by atoms with van der Waals surface area (Å²) in [6, 6.07) is 8.64. The first-order valence-corrected chi connectivity index (χ1v) is 8.76. The standard InChI is InChI=1S/C17H27NOS/c1-3-10-18-17(13-19)9-8-16(11-17)20-12-15-7-5-4-6-14(15)2/h4-7,16,18-19H,3,8-13H2,1-2H3. The summed E-state index contributed by atoms with van der Waals surface area (Å²) >= 11 is 2.05. The molecule has 0 aliphatic heterocycles. The van der Waals surface area contributed by atoms with Crippen molar-refractivity contribution in [3.05, 3.63) is 35.4 Å². The predicted octanol–water partition coefficient (Wildman–Crippen LogP) is 3.51. The monoisotopic (exact) mass is 293 g/mol. The van der Waals surface area contributed by atoms with Crippen LogP contribution < -0.4 is 5.32 Å². The summed E-state index contributed by atoms with van der Waals surface area (Å²) in [7, 11) is 0. The van der Waals surface area contributed by atoms with E-state index in [2.05, 4.69) is 55.2 Å². The zero-order valence-corrected chi connectivity index (χ0v) is 13.5. The average molecular weight is 293 g/mol. The molecule has 0 amide bonds. The van der Waals surface area contributed by atoms with Gasteiger partial charge in [0.1, 0.15) is 0 Å². The number of aliphatic hydroxyl groups excluding tert-OH is 1. The molecule has 0 heterocycles. The number of benzene rings is 1. The van der Waals surface area contributed by atoms with Crippen molar-refractivity contribution in [2.75, 3.05) is 13.2 Å². The summed E-state index contributed by atoms with van der Waals surface area (Å²) in [5.74, 6) is 1.09. The van der Waals surface area contributed by atoms with Crippen molar-refractivity contribution in [2.24, 2.45) is 0 Å². The largest absolute Gasteiger partial charge is 0.394 e. The Hall–Kier alpha value is -0.510. The molecule has 1 aromatic carbocycles. The molecule has 20 heavy (non-hydrogen) atoms. The van der Waals surface area contributed by atoms with Gasteiger partial charge < -0.3 is 10.4 Å². The minimum absolute atomic E-state index is 0.0145. The van der Waals surface area contributed by atoms with E-state index < -0.39 is 0 Å². The van der Waals surface area contributed by atoms with E-state index in [0.29, 0.717) is 5.25 Å². The highest BCUT2D eigenvalue weighted by Gasteiger charge is 2.38.